The molecule has 6 nitrogen and oxygen atoms in total. The molecule has 32 heavy (non-hydrogen) atoms. The minimum atomic E-state index is -1.00. The maximum absolute atomic E-state index is 14.0. The van der Waals surface area contributed by atoms with E-state index in [4.69, 9.17) is 9.47 Å². The third-order valence-corrected chi connectivity index (χ3v) is 5.30. The lowest BCUT2D eigenvalue weighted by molar-refractivity contribution is -0.132. The number of methoxy groups -OCH3 is 2. The summed E-state index contributed by atoms with van der Waals surface area (Å²) in [5, 5.41) is 11.2. The molecule has 7 heteroatoms. The molecular formula is C25H20FNO5. The van der Waals surface area contributed by atoms with Crippen molar-refractivity contribution in [2.45, 2.75) is 6.04 Å². The molecule has 162 valence electrons. The number of aliphatic hydroxyl groups is 1. The number of rotatable bonds is 5. The van der Waals surface area contributed by atoms with Crippen LogP contribution < -0.4 is 14.4 Å². The van der Waals surface area contributed by atoms with Gasteiger partial charge in [0.05, 0.1) is 31.4 Å². The molecule has 1 atom stereocenters. The fourth-order valence-corrected chi connectivity index (χ4v) is 3.84. The van der Waals surface area contributed by atoms with Crippen molar-refractivity contribution in [3.63, 3.8) is 0 Å². The third kappa shape index (κ3) is 3.58. The van der Waals surface area contributed by atoms with Gasteiger partial charge in [-0.2, -0.15) is 0 Å². The van der Waals surface area contributed by atoms with E-state index in [9.17, 15) is 19.1 Å². The number of ketones is 1. The third-order valence-electron chi connectivity index (χ3n) is 5.30. The Balaban J connectivity index is 1.99. The SMILES string of the molecule is COc1cccc(C2/C(=C(\O)c3ccccc3OC)C(=O)C(=O)N2c2cccc(F)c2)c1. The molecule has 0 aromatic heterocycles. The number of carbonyl (C=O) groups excluding carboxylic acids is 2. The fraction of sp³-hybridized carbons (Fsp3) is 0.120. The molecule has 1 N–H and O–H groups in total. The first-order valence-corrected chi connectivity index (χ1v) is 9.80. The molecule has 0 spiro atoms. The van der Waals surface area contributed by atoms with Crippen LogP contribution in [0, 0.1) is 5.82 Å². The van der Waals surface area contributed by atoms with Crippen LogP contribution in [0.3, 0.4) is 0 Å². The molecule has 4 rings (SSSR count). The van der Waals surface area contributed by atoms with Gasteiger partial charge in [0.2, 0.25) is 0 Å². The average Bonchev–Trinajstić information content (AvgIpc) is 3.09. The summed E-state index contributed by atoms with van der Waals surface area (Å²) in [7, 11) is 2.94. The van der Waals surface area contributed by atoms with Gasteiger partial charge in [-0.25, -0.2) is 4.39 Å². The summed E-state index contributed by atoms with van der Waals surface area (Å²) in [4.78, 5) is 27.4. The van der Waals surface area contributed by atoms with Gasteiger partial charge < -0.3 is 14.6 Å². The number of anilines is 1. The van der Waals surface area contributed by atoms with Crippen molar-refractivity contribution in [3.05, 3.63) is 95.3 Å². The van der Waals surface area contributed by atoms with E-state index in [1.165, 1.54) is 43.4 Å². The fourth-order valence-electron chi connectivity index (χ4n) is 3.84. The van der Waals surface area contributed by atoms with Crippen molar-refractivity contribution in [3.8, 4) is 11.5 Å². The van der Waals surface area contributed by atoms with Crippen molar-refractivity contribution in [1.29, 1.82) is 0 Å². The van der Waals surface area contributed by atoms with Gasteiger partial charge in [0.15, 0.2) is 0 Å². The minimum Gasteiger partial charge on any atom is -0.507 e. The van der Waals surface area contributed by atoms with Gasteiger partial charge in [0.1, 0.15) is 23.1 Å². The van der Waals surface area contributed by atoms with Crippen LogP contribution in [0.4, 0.5) is 10.1 Å². The highest BCUT2D eigenvalue weighted by atomic mass is 19.1. The highest BCUT2D eigenvalue weighted by Gasteiger charge is 2.47. The minimum absolute atomic E-state index is 0.128. The Morgan fingerprint density at radius 2 is 1.69 bits per heavy atom. The van der Waals surface area contributed by atoms with Crippen molar-refractivity contribution in [1.82, 2.24) is 0 Å². The summed E-state index contributed by atoms with van der Waals surface area (Å²) >= 11 is 0. The number of amides is 1. The number of hydrogen-bond donors (Lipinski definition) is 1. The van der Waals surface area contributed by atoms with Gasteiger partial charge in [-0.1, -0.05) is 30.3 Å². The van der Waals surface area contributed by atoms with Crippen LogP contribution in [0.2, 0.25) is 0 Å². The Morgan fingerprint density at radius 1 is 0.938 bits per heavy atom. The Bertz CT molecular complexity index is 1240. The number of aliphatic hydroxyl groups excluding tert-OH is 1. The normalized spacial score (nSPS) is 17.5. The van der Waals surface area contributed by atoms with Crippen LogP contribution in [0.5, 0.6) is 11.5 Å². The van der Waals surface area contributed by atoms with Gasteiger partial charge in [-0.05, 0) is 48.0 Å². The predicted octanol–water partition coefficient (Wildman–Crippen LogP) is 4.47. The Morgan fingerprint density at radius 3 is 2.41 bits per heavy atom. The number of para-hydroxylation sites is 1. The summed E-state index contributed by atoms with van der Waals surface area (Å²) in [6.45, 7) is 0. The molecule has 1 saturated heterocycles. The second kappa shape index (κ2) is 8.55. The van der Waals surface area contributed by atoms with E-state index in [1.807, 2.05) is 0 Å². The molecule has 1 amide bonds. The van der Waals surface area contributed by atoms with E-state index in [1.54, 1.807) is 48.5 Å². The zero-order chi connectivity index (χ0) is 22.8. The smallest absolute Gasteiger partial charge is 0.300 e. The predicted molar refractivity (Wildman–Crippen MR) is 117 cm³/mol. The van der Waals surface area contributed by atoms with Crippen molar-refractivity contribution >= 4 is 23.1 Å². The molecule has 1 unspecified atom stereocenters. The molecule has 0 saturated carbocycles. The highest BCUT2D eigenvalue weighted by Crippen LogP contribution is 2.43. The van der Waals surface area contributed by atoms with E-state index in [-0.39, 0.29) is 22.6 Å². The van der Waals surface area contributed by atoms with Crippen LogP contribution in [-0.4, -0.2) is 31.0 Å². The van der Waals surface area contributed by atoms with E-state index in [0.29, 0.717) is 17.1 Å². The molecule has 1 aliphatic heterocycles. The van der Waals surface area contributed by atoms with Crippen LogP contribution in [0.25, 0.3) is 5.76 Å². The maximum atomic E-state index is 14.0. The molecular weight excluding hydrogens is 413 g/mol. The van der Waals surface area contributed by atoms with Crippen molar-refractivity contribution in [2.75, 3.05) is 19.1 Å². The van der Waals surface area contributed by atoms with Gasteiger partial charge >= 0.3 is 0 Å². The topological polar surface area (TPSA) is 76.1 Å². The summed E-state index contributed by atoms with van der Waals surface area (Å²) in [6, 6.07) is 17.8. The molecule has 0 radical (unpaired) electrons. The van der Waals surface area contributed by atoms with E-state index < -0.39 is 23.5 Å². The number of benzene rings is 3. The second-order valence-electron chi connectivity index (χ2n) is 7.13. The van der Waals surface area contributed by atoms with Gasteiger partial charge in [0.25, 0.3) is 11.7 Å². The van der Waals surface area contributed by atoms with E-state index in [2.05, 4.69) is 0 Å². The van der Waals surface area contributed by atoms with Crippen LogP contribution in [0.15, 0.2) is 78.4 Å². The number of halogens is 1. The number of nitrogens with zero attached hydrogens (tertiary/aromatic N) is 1. The summed E-state index contributed by atoms with van der Waals surface area (Å²) in [5.41, 5.74) is 0.848. The zero-order valence-electron chi connectivity index (χ0n) is 17.4. The number of Topliss-reactive ketones (excluding diaryl/α,β-unsaturated/α-hetero) is 1. The second-order valence-corrected chi connectivity index (χ2v) is 7.13. The molecule has 1 heterocycles. The lowest BCUT2D eigenvalue weighted by Gasteiger charge is -2.26. The lowest BCUT2D eigenvalue weighted by Crippen LogP contribution is -2.29. The number of carbonyl (C=O) groups is 2. The first-order chi connectivity index (χ1) is 15.5. The van der Waals surface area contributed by atoms with Gasteiger partial charge in [-0.3, -0.25) is 14.5 Å². The largest absolute Gasteiger partial charge is 0.507 e. The van der Waals surface area contributed by atoms with E-state index in [0.717, 1.165) is 0 Å². The molecule has 1 aliphatic rings. The summed E-state index contributed by atoms with van der Waals surface area (Å²) in [6.07, 6.45) is 0. The first-order valence-electron chi connectivity index (χ1n) is 9.80. The monoisotopic (exact) mass is 433 g/mol. The highest BCUT2D eigenvalue weighted by molar-refractivity contribution is 6.51. The summed E-state index contributed by atoms with van der Waals surface area (Å²) in [5.74, 6) is -1.85. The molecule has 1 fully saturated rings. The first kappa shape index (κ1) is 21.1. The Hall–Kier alpha value is -4.13. The van der Waals surface area contributed by atoms with Crippen LogP contribution in [0.1, 0.15) is 17.2 Å². The number of ether oxygens (including phenoxy) is 2. The Kier molecular flexibility index (Phi) is 5.64. The summed E-state index contributed by atoms with van der Waals surface area (Å²) < 4.78 is 24.6. The van der Waals surface area contributed by atoms with Crippen LogP contribution >= 0.6 is 0 Å². The van der Waals surface area contributed by atoms with Crippen molar-refractivity contribution in [2.24, 2.45) is 0 Å². The molecule has 0 aliphatic carbocycles. The molecule has 3 aromatic rings. The standard InChI is InChI=1S/C25H20FNO5/c1-31-18-10-5-7-15(13-18)22-21(23(28)19-11-3-4-12-20(19)32-2)24(29)25(30)27(22)17-9-6-8-16(26)14-17/h3-14,22,28H,1-2H3/b23-21+. The van der Waals surface area contributed by atoms with Crippen LogP contribution in [-0.2, 0) is 9.59 Å². The maximum Gasteiger partial charge on any atom is 0.300 e. The Labute approximate surface area is 184 Å². The van der Waals surface area contributed by atoms with Gasteiger partial charge in [0, 0.05) is 5.69 Å². The zero-order valence-corrected chi connectivity index (χ0v) is 17.4. The molecule has 3 aromatic carbocycles. The average molecular weight is 433 g/mol. The number of hydrogen-bond acceptors (Lipinski definition) is 5. The van der Waals surface area contributed by atoms with Crippen molar-refractivity contribution < 1.29 is 28.6 Å². The lowest BCUT2D eigenvalue weighted by atomic mass is 9.94. The molecule has 0 bridgehead atoms. The quantitative estimate of drug-likeness (QED) is 0.365. The van der Waals surface area contributed by atoms with E-state index >= 15 is 0 Å². The van der Waals surface area contributed by atoms with Gasteiger partial charge in [-0.15, -0.1) is 0 Å².